The molecule has 0 saturated heterocycles. The summed E-state index contributed by atoms with van der Waals surface area (Å²) in [7, 11) is 0. The molecule has 4 nitrogen and oxygen atoms in total. The first kappa shape index (κ1) is 15.6. The number of anilines is 1. The number of benzene rings is 2. The zero-order valence-corrected chi connectivity index (χ0v) is 13.2. The average molecular weight is 311 g/mol. The Kier molecular flexibility index (Phi) is 4.63. The number of carbonyl (C=O) groups excluding carboxylic acids is 1. The Balaban J connectivity index is 1.75. The van der Waals surface area contributed by atoms with E-state index in [2.05, 4.69) is 6.07 Å². The maximum Gasteiger partial charge on any atom is 0.267 e. The van der Waals surface area contributed by atoms with Crippen LogP contribution in [0.1, 0.15) is 24.5 Å². The Labute approximate surface area is 136 Å². The van der Waals surface area contributed by atoms with Gasteiger partial charge in [0.25, 0.3) is 5.91 Å². The van der Waals surface area contributed by atoms with Gasteiger partial charge < -0.3 is 14.7 Å². The molecule has 1 aliphatic rings. The van der Waals surface area contributed by atoms with Gasteiger partial charge >= 0.3 is 0 Å². The number of fused-ring (bicyclic) bond motifs is 1. The van der Waals surface area contributed by atoms with Gasteiger partial charge in [0.1, 0.15) is 5.75 Å². The van der Waals surface area contributed by atoms with Crippen LogP contribution in [-0.2, 0) is 17.8 Å². The third-order valence-electron chi connectivity index (χ3n) is 4.12. The predicted octanol–water partition coefficient (Wildman–Crippen LogP) is 2.93. The number of aryl methyl sites for hydroxylation is 1. The number of hydrogen-bond donors (Lipinski definition) is 1. The molecular formula is C19H21NO3. The first-order valence-corrected chi connectivity index (χ1v) is 7.95. The number of ether oxygens (including phenoxy) is 1. The van der Waals surface area contributed by atoms with Crippen molar-refractivity contribution in [2.45, 2.75) is 32.5 Å². The van der Waals surface area contributed by atoms with Crippen LogP contribution >= 0.6 is 0 Å². The zero-order valence-electron chi connectivity index (χ0n) is 13.2. The summed E-state index contributed by atoms with van der Waals surface area (Å²) in [5, 5.41) is 9.19. The molecule has 4 heteroatoms. The second-order valence-electron chi connectivity index (χ2n) is 5.79. The Morgan fingerprint density at radius 1 is 1.26 bits per heavy atom. The lowest BCUT2D eigenvalue weighted by molar-refractivity contribution is -0.124. The van der Waals surface area contributed by atoms with E-state index in [4.69, 9.17) is 4.74 Å². The van der Waals surface area contributed by atoms with Crippen LogP contribution in [0, 0.1) is 0 Å². The van der Waals surface area contributed by atoms with Crippen molar-refractivity contribution in [2.24, 2.45) is 0 Å². The van der Waals surface area contributed by atoms with Crippen LogP contribution in [-0.4, -0.2) is 23.7 Å². The first-order valence-electron chi connectivity index (χ1n) is 7.95. The maximum absolute atomic E-state index is 12.8. The molecule has 1 N–H and O–H groups in total. The molecular weight excluding hydrogens is 290 g/mol. The lowest BCUT2D eigenvalue weighted by atomic mass is 10.0. The van der Waals surface area contributed by atoms with Crippen molar-refractivity contribution >= 4 is 11.6 Å². The average Bonchev–Trinajstić information content (AvgIpc) is 2.60. The summed E-state index contributed by atoms with van der Waals surface area (Å²) in [4.78, 5) is 14.6. The molecule has 1 aliphatic heterocycles. The number of aliphatic hydroxyl groups excluding tert-OH is 1. The summed E-state index contributed by atoms with van der Waals surface area (Å²) in [6.45, 7) is 2.45. The van der Waals surface area contributed by atoms with Gasteiger partial charge in [-0.2, -0.15) is 0 Å². The smallest absolute Gasteiger partial charge is 0.267 e. The van der Waals surface area contributed by atoms with E-state index in [-0.39, 0.29) is 12.5 Å². The summed E-state index contributed by atoms with van der Waals surface area (Å²) in [5.41, 5.74) is 2.97. The fourth-order valence-corrected chi connectivity index (χ4v) is 2.95. The van der Waals surface area contributed by atoms with Gasteiger partial charge in [-0.3, -0.25) is 4.79 Å². The van der Waals surface area contributed by atoms with E-state index in [1.165, 1.54) is 5.56 Å². The lowest BCUT2D eigenvalue weighted by Crippen LogP contribution is -2.43. The lowest BCUT2D eigenvalue weighted by Gasteiger charge is -2.31. The Morgan fingerprint density at radius 3 is 2.91 bits per heavy atom. The van der Waals surface area contributed by atoms with Crippen LogP contribution in [0.25, 0.3) is 0 Å². The normalized spacial score (nSPS) is 15.0. The summed E-state index contributed by atoms with van der Waals surface area (Å²) < 4.78 is 5.78. The van der Waals surface area contributed by atoms with E-state index in [0.717, 1.165) is 30.6 Å². The fourth-order valence-electron chi connectivity index (χ4n) is 2.95. The topological polar surface area (TPSA) is 49.8 Å². The molecule has 0 bridgehead atoms. The minimum Gasteiger partial charge on any atom is -0.481 e. The molecule has 0 fully saturated rings. The molecule has 2 aromatic rings. The third kappa shape index (κ3) is 3.37. The Bertz CT molecular complexity index is 699. The molecule has 1 unspecified atom stereocenters. The number of hydrogen-bond acceptors (Lipinski definition) is 3. The van der Waals surface area contributed by atoms with Crippen molar-refractivity contribution in [3.63, 3.8) is 0 Å². The molecule has 23 heavy (non-hydrogen) atoms. The number of para-hydroxylation sites is 1. The Hall–Kier alpha value is -2.33. The van der Waals surface area contributed by atoms with Crippen LogP contribution in [0.4, 0.5) is 5.69 Å². The molecule has 1 heterocycles. The second-order valence-corrected chi connectivity index (χ2v) is 5.79. The minimum absolute atomic E-state index is 0.0356. The van der Waals surface area contributed by atoms with Gasteiger partial charge in [-0.1, -0.05) is 30.3 Å². The number of amides is 1. The molecule has 1 amide bonds. The van der Waals surface area contributed by atoms with Gasteiger partial charge in [-0.25, -0.2) is 0 Å². The number of rotatable bonds is 4. The predicted molar refractivity (Wildman–Crippen MR) is 89.6 cm³/mol. The van der Waals surface area contributed by atoms with Crippen molar-refractivity contribution < 1.29 is 14.6 Å². The standard InChI is InChI=1S/C19H21NO3/c1-14(23-17-9-4-6-15(12-17)13-21)19(22)20-11-5-8-16-7-2-3-10-18(16)20/h2-4,6-7,9-10,12,14,21H,5,8,11,13H2,1H3. The van der Waals surface area contributed by atoms with Crippen molar-refractivity contribution in [1.29, 1.82) is 0 Å². The molecule has 0 radical (unpaired) electrons. The molecule has 0 spiro atoms. The van der Waals surface area contributed by atoms with Crippen molar-refractivity contribution in [3.05, 3.63) is 59.7 Å². The Morgan fingerprint density at radius 2 is 2.09 bits per heavy atom. The highest BCUT2D eigenvalue weighted by atomic mass is 16.5. The largest absolute Gasteiger partial charge is 0.481 e. The summed E-state index contributed by atoms with van der Waals surface area (Å²) in [6.07, 6.45) is 1.40. The van der Waals surface area contributed by atoms with E-state index in [1.54, 1.807) is 19.1 Å². The van der Waals surface area contributed by atoms with E-state index in [9.17, 15) is 9.90 Å². The maximum atomic E-state index is 12.8. The highest BCUT2D eigenvalue weighted by molar-refractivity contribution is 5.97. The third-order valence-corrected chi connectivity index (χ3v) is 4.12. The molecule has 120 valence electrons. The van der Waals surface area contributed by atoms with Gasteiger partial charge in [0, 0.05) is 12.2 Å². The zero-order chi connectivity index (χ0) is 16.2. The van der Waals surface area contributed by atoms with Crippen LogP contribution in [0.15, 0.2) is 48.5 Å². The highest BCUT2D eigenvalue weighted by Crippen LogP contribution is 2.27. The van der Waals surface area contributed by atoms with Crippen molar-refractivity contribution in [1.82, 2.24) is 0 Å². The van der Waals surface area contributed by atoms with Gasteiger partial charge in [0.05, 0.1) is 6.61 Å². The second kappa shape index (κ2) is 6.84. The molecule has 0 aliphatic carbocycles. The molecule has 1 atom stereocenters. The summed E-state index contributed by atoms with van der Waals surface area (Å²) in [5.74, 6) is 0.564. The van der Waals surface area contributed by atoms with E-state index < -0.39 is 6.10 Å². The van der Waals surface area contributed by atoms with Crippen LogP contribution < -0.4 is 9.64 Å². The number of carbonyl (C=O) groups is 1. The van der Waals surface area contributed by atoms with Gasteiger partial charge in [-0.15, -0.1) is 0 Å². The van der Waals surface area contributed by atoms with Crippen LogP contribution in [0.2, 0.25) is 0 Å². The number of nitrogens with zero attached hydrogens (tertiary/aromatic N) is 1. The van der Waals surface area contributed by atoms with E-state index >= 15 is 0 Å². The van der Waals surface area contributed by atoms with Crippen molar-refractivity contribution in [3.8, 4) is 5.75 Å². The van der Waals surface area contributed by atoms with Gasteiger partial charge in [0.15, 0.2) is 6.10 Å². The van der Waals surface area contributed by atoms with Crippen LogP contribution in [0.5, 0.6) is 5.75 Å². The molecule has 0 aromatic heterocycles. The van der Waals surface area contributed by atoms with E-state index in [0.29, 0.717) is 5.75 Å². The van der Waals surface area contributed by atoms with Crippen LogP contribution in [0.3, 0.4) is 0 Å². The highest BCUT2D eigenvalue weighted by Gasteiger charge is 2.27. The quantitative estimate of drug-likeness (QED) is 0.944. The molecule has 3 rings (SSSR count). The molecule has 0 saturated carbocycles. The fraction of sp³-hybridized carbons (Fsp3) is 0.316. The SMILES string of the molecule is CC(Oc1cccc(CO)c1)C(=O)N1CCCc2ccccc21. The minimum atomic E-state index is -0.574. The summed E-state index contributed by atoms with van der Waals surface area (Å²) >= 11 is 0. The number of aliphatic hydroxyl groups is 1. The van der Waals surface area contributed by atoms with Gasteiger partial charge in [0.2, 0.25) is 0 Å². The molecule has 2 aromatic carbocycles. The van der Waals surface area contributed by atoms with Crippen molar-refractivity contribution in [2.75, 3.05) is 11.4 Å². The van der Waals surface area contributed by atoms with Gasteiger partial charge in [-0.05, 0) is 49.1 Å². The summed E-state index contributed by atoms with van der Waals surface area (Å²) in [6, 6.07) is 15.2. The monoisotopic (exact) mass is 311 g/mol. The first-order chi connectivity index (χ1) is 11.2. The van der Waals surface area contributed by atoms with E-state index in [1.807, 2.05) is 35.2 Å².